The Balaban J connectivity index is 1.76. The minimum absolute atomic E-state index is 0.208. The fourth-order valence-electron chi connectivity index (χ4n) is 3.11. The second-order valence-electron chi connectivity index (χ2n) is 6.38. The lowest BCUT2D eigenvalue weighted by Gasteiger charge is -2.27. The van der Waals surface area contributed by atoms with Gasteiger partial charge in [-0.05, 0) is 58.2 Å². The zero-order chi connectivity index (χ0) is 14.1. The lowest BCUT2D eigenvalue weighted by molar-refractivity contribution is 0.0716. The number of rotatable bonds is 5. The van der Waals surface area contributed by atoms with E-state index in [9.17, 15) is 4.79 Å². The third kappa shape index (κ3) is 2.75. The van der Waals surface area contributed by atoms with E-state index in [0.29, 0.717) is 18.1 Å². The fraction of sp³-hybridized carbons (Fsp3) is 0.688. The SMILES string of the molecule is CC(C)n1cccc1C(=O)N(CC1CCCN1)C1CC1. The van der Waals surface area contributed by atoms with Crippen LogP contribution in [0.15, 0.2) is 18.3 Å². The van der Waals surface area contributed by atoms with Gasteiger partial charge in [0, 0.05) is 30.9 Å². The molecule has 0 radical (unpaired) electrons. The van der Waals surface area contributed by atoms with Gasteiger partial charge >= 0.3 is 0 Å². The van der Waals surface area contributed by atoms with Crippen LogP contribution in [-0.2, 0) is 0 Å². The maximum atomic E-state index is 12.9. The van der Waals surface area contributed by atoms with Gasteiger partial charge in [0.1, 0.15) is 5.69 Å². The van der Waals surface area contributed by atoms with Gasteiger partial charge in [-0.15, -0.1) is 0 Å². The second kappa shape index (κ2) is 5.60. The Morgan fingerprint density at radius 3 is 2.85 bits per heavy atom. The standard InChI is InChI=1S/C16H25N3O/c1-12(2)18-10-4-6-15(18)16(20)19(14-7-8-14)11-13-5-3-9-17-13/h4,6,10,12-14,17H,3,5,7-9,11H2,1-2H3. The van der Waals surface area contributed by atoms with E-state index in [1.165, 1.54) is 25.7 Å². The second-order valence-corrected chi connectivity index (χ2v) is 6.38. The molecule has 4 heteroatoms. The first-order valence-electron chi connectivity index (χ1n) is 7.88. The van der Waals surface area contributed by atoms with E-state index in [2.05, 4.69) is 28.6 Å². The Bertz CT molecular complexity index is 470. The molecule has 110 valence electrons. The van der Waals surface area contributed by atoms with Crippen LogP contribution in [0.5, 0.6) is 0 Å². The smallest absolute Gasteiger partial charge is 0.270 e. The highest BCUT2D eigenvalue weighted by atomic mass is 16.2. The van der Waals surface area contributed by atoms with Gasteiger partial charge in [-0.2, -0.15) is 0 Å². The number of hydrogen-bond acceptors (Lipinski definition) is 2. The van der Waals surface area contributed by atoms with Gasteiger partial charge < -0.3 is 14.8 Å². The topological polar surface area (TPSA) is 37.3 Å². The molecule has 2 fully saturated rings. The van der Waals surface area contributed by atoms with Crippen molar-refractivity contribution < 1.29 is 4.79 Å². The van der Waals surface area contributed by atoms with Crippen molar-refractivity contribution >= 4 is 5.91 Å². The van der Waals surface area contributed by atoms with Crippen LogP contribution < -0.4 is 5.32 Å². The maximum Gasteiger partial charge on any atom is 0.270 e. The average Bonchev–Trinajstić information content (AvgIpc) is 2.95. The third-order valence-corrected chi connectivity index (χ3v) is 4.38. The van der Waals surface area contributed by atoms with E-state index in [4.69, 9.17) is 0 Å². The first-order chi connectivity index (χ1) is 9.66. The molecule has 1 aromatic heterocycles. The number of amides is 1. The van der Waals surface area contributed by atoms with Crippen LogP contribution in [0.4, 0.5) is 0 Å². The summed E-state index contributed by atoms with van der Waals surface area (Å²) in [6.07, 6.45) is 6.78. The molecule has 0 aromatic carbocycles. The van der Waals surface area contributed by atoms with Crippen molar-refractivity contribution in [3.8, 4) is 0 Å². The van der Waals surface area contributed by atoms with Crippen LogP contribution in [0.25, 0.3) is 0 Å². The molecule has 1 N–H and O–H groups in total. The lowest BCUT2D eigenvalue weighted by Crippen LogP contribution is -2.43. The highest BCUT2D eigenvalue weighted by Gasteiger charge is 2.35. The monoisotopic (exact) mass is 275 g/mol. The molecule has 2 aliphatic rings. The van der Waals surface area contributed by atoms with Crippen LogP contribution in [-0.4, -0.2) is 40.5 Å². The molecular formula is C16H25N3O. The molecule has 0 spiro atoms. The molecule has 4 nitrogen and oxygen atoms in total. The van der Waals surface area contributed by atoms with Crippen LogP contribution in [0, 0.1) is 0 Å². The molecule has 0 bridgehead atoms. The molecule has 1 atom stereocenters. The predicted octanol–water partition coefficient (Wildman–Crippen LogP) is 2.43. The molecule has 2 heterocycles. The summed E-state index contributed by atoms with van der Waals surface area (Å²) in [7, 11) is 0. The Morgan fingerprint density at radius 1 is 1.45 bits per heavy atom. The Morgan fingerprint density at radius 2 is 2.25 bits per heavy atom. The van der Waals surface area contributed by atoms with Crippen LogP contribution in [0.3, 0.4) is 0 Å². The molecule has 1 saturated carbocycles. The van der Waals surface area contributed by atoms with Gasteiger partial charge in [0.2, 0.25) is 0 Å². The van der Waals surface area contributed by atoms with Crippen LogP contribution in [0.2, 0.25) is 0 Å². The molecule has 1 aromatic rings. The number of hydrogen-bond donors (Lipinski definition) is 1. The Hall–Kier alpha value is -1.29. The molecule has 1 saturated heterocycles. The van der Waals surface area contributed by atoms with E-state index >= 15 is 0 Å². The molecule has 1 unspecified atom stereocenters. The highest BCUT2D eigenvalue weighted by Crippen LogP contribution is 2.29. The summed E-state index contributed by atoms with van der Waals surface area (Å²) in [4.78, 5) is 15.0. The third-order valence-electron chi connectivity index (χ3n) is 4.38. The summed E-state index contributed by atoms with van der Waals surface area (Å²) < 4.78 is 2.08. The van der Waals surface area contributed by atoms with Crippen molar-refractivity contribution in [3.05, 3.63) is 24.0 Å². The van der Waals surface area contributed by atoms with Gasteiger partial charge in [0.15, 0.2) is 0 Å². The van der Waals surface area contributed by atoms with Crippen LogP contribution in [0.1, 0.15) is 56.1 Å². The van der Waals surface area contributed by atoms with Crippen molar-refractivity contribution in [1.82, 2.24) is 14.8 Å². The van der Waals surface area contributed by atoms with Gasteiger partial charge in [-0.25, -0.2) is 0 Å². The van der Waals surface area contributed by atoms with Gasteiger partial charge in [-0.3, -0.25) is 4.79 Å². The van der Waals surface area contributed by atoms with Gasteiger partial charge in [0.05, 0.1) is 0 Å². The zero-order valence-corrected chi connectivity index (χ0v) is 12.5. The van der Waals surface area contributed by atoms with Crippen molar-refractivity contribution in [2.24, 2.45) is 0 Å². The van der Waals surface area contributed by atoms with Crippen molar-refractivity contribution in [2.75, 3.05) is 13.1 Å². The molecule has 1 amide bonds. The summed E-state index contributed by atoms with van der Waals surface area (Å²) in [6.45, 7) is 6.21. The molecule has 1 aliphatic carbocycles. The van der Waals surface area contributed by atoms with Crippen molar-refractivity contribution in [2.45, 2.75) is 57.7 Å². The fourth-order valence-corrected chi connectivity index (χ4v) is 3.11. The van der Waals surface area contributed by atoms with Crippen LogP contribution >= 0.6 is 0 Å². The normalized spacial score (nSPS) is 22.4. The Labute approximate surface area is 121 Å². The van der Waals surface area contributed by atoms with Gasteiger partial charge in [0.25, 0.3) is 5.91 Å². The van der Waals surface area contributed by atoms with Crippen molar-refractivity contribution in [3.63, 3.8) is 0 Å². The zero-order valence-electron chi connectivity index (χ0n) is 12.5. The largest absolute Gasteiger partial charge is 0.341 e. The minimum atomic E-state index is 0.208. The summed E-state index contributed by atoms with van der Waals surface area (Å²) in [5, 5.41) is 3.51. The van der Waals surface area contributed by atoms with E-state index in [-0.39, 0.29) is 5.91 Å². The summed E-state index contributed by atoms with van der Waals surface area (Å²) in [5.74, 6) is 0.208. The van der Waals surface area contributed by atoms with E-state index in [0.717, 1.165) is 18.8 Å². The van der Waals surface area contributed by atoms with E-state index in [1.807, 2.05) is 18.3 Å². The van der Waals surface area contributed by atoms with Crippen molar-refractivity contribution in [1.29, 1.82) is 0 Å². The predicted molar refractivity (Wildman–Crippen MR) is 79.9 cm³/mol. The average molecular weight is 275 g/mol. The first kappa shape index (κ1) is 13.7. The summed E-state index contributed by atoms with van der Waals surface area (Å²) in [5.41, 5.74) is 0.838. The first-order valence-corrected chi connectivity index (χ1v) is 7.88. The molecular weight excluding hydrogens is 250 g/mol. The number of carbonyl (C=O) groups is 1. The molecule has 1 aliphatic heterocycles. The number of nitrogens with zero attached hydrogens (tertiary/aromatic N) is 2. The van der Waals surface area contributed by atoms with E-state index < -0.39 is 0 Å². The minimum Gasteiger partial charge on any atom is -0.341 e. The summed E-state index contributed by atoms with van der Waals surface area (Å²) >= 11 is 0. The quantitative estimate of drug-likeness (QED) is 0.896. The van der Waals surface area contributed by atoms with E-state index in [1.54, 1.807) is 0 Å². The van der Waals surface area contributed by atoms with Gasteiger partial charge in [-0.1, -0.05) is 0 Å². The molecule has 20 heavy (non-hydrogen) atoms. The Kier molecular flexibility index (Phi) is 3.83. The number of aromatic nitrogens is 1. The number of nitrogens with one attached hydrogen (secondary N) is 1. The maximum absolute atomic E-state index is 12.9. The number of carbonyl (C=O) groups excluding carboxylic acids is 1. The summed E-state index contributed by atoms with van der Waals surface area (Å²) in [6, 6.07) is 5.23. The lowest BCUT2D eigenvalue weighted by atomic mass is 10.2. The molecule has 3 rings (SSSR count). The highest BCUT2D eigenvalue weighted by molar-refractivity contribution is 5.93.